The molecule has 3 aromatic rings. The minimum Gasteiger partial charge on any atom is -0.387 e. The number of aliphatic hydroxyl groups is 1. The van der Waals surface area contributed by atoms with E-state index in [9.17, 15) is 5.11 Å². The van der Waals surface area contributed by atoms with Crippen LogP contribution in [0.2, 0.25) is 0 Å². The molecule has 7 heteroatoms. The maximum atomic E-state index is 11.3. The van der Waals surface area contributed by atoms with Crippen LogP contribution in [0.1, 0.15) is 16.7 Å². The molecule has 1 aliphatic heterocycles. The molecule has 1 fully saturated rings. The number of benzene rings is 3. The van der Waals surface area contributed by atoms with Gasteiger partial charge in [-0.1, -0.05) is 96.6 Å². The maximum Gasteiger partial charge on any atom is 0.133 e. The standard InChI is InChI=1S/C27H31NO6/c29-26-24(19-30-16-21-10-4-1-5-11-21)34-28-33-20-25(31-17-22-12-6-2-7-13-22)27(26)32-18-23-14-8-3-9-15-23/h1-15,24-29H,16-20H2/t24-,25+,26-,27-/m1/s1. The highest BCUT2D eigenvalue weighted by atomic mass is 16.9. The zero-order chi connectivity index (χ0) is 23.4. The second kappa shape index (κ2) is 13.3. The number of aliphatic hydroxyl groups excluding tert-OH is 1. The second-order valence-corrected chi connectivity index (χ2v) is 8.14. The molecular formula is C27H31NO6. The summed E-state index contributed by atoms with van der Waals surface area (Å²) in [4.78, 5) is 11.0. The van der Waals surface area contributed by atoms with Crippen LogP contribution in [0.15, 0.2) is 91.0 Å². The van der Waals surface area contributed by atoms with Crippen molar-refractivity contribution in [2.45, 2.75) is 44.2 Å². The van der Waals surface area contributed by atoms with Crippen LogP contribution in [-0.4, -0.2) is 42.7 Å². The average Bonchev–Trinajstić information content (AvgIpc) is 2.89. The van der Waals surface area contributed by atoms with Crippen LogP contribution in [0.5, 0.6) is 0 Å². The summed E-state index contributed by atoms with van der Waals surface area (Å²) in [6.07, 6.45) is -2.98. The van der Waals surface area contributed by atoms with Gasteiger partial charge in [-0.2, -0.15) is 0 Å². The molecule has 1 heterocycles. The molecular weight excluding hydrogens is 434 g/mol. The Balaban J connectivity index is 1.43. The molecule has 0 aromatic heterocycles. The van der Waals surface area contributed by atoms with Gasteiger partial charge >= 0.3 is 0 Å². The Bertz CT molecular complexity index is 943. The molecule has 0 radical (unpaired) electrons. The summed E-state index contributed by atoms with van der Waals surface area (Å²) >= 11 is 0. The Morgan fingerprint density at radius 2 is 1.26 bits per heavy atom. The summed E-state index contributed by atoms with van der Waals surface area (Å²) in [5, 5.41) is 11.3. The third-order valence-electron chi connectivity index (χ3n) is 5.58. The third kappa shape index (κ3) is 7.44. The maximum absolute atomic E-state index is 11.3. The summed E-state index contributed by atoms with van der Waals surface area (Å²) in [7, 11) is 0. The quantitative estimate of drug-likeness (QED) is 0.474. The topological polar surface area (TPSA) is 78.4 Å². The van der Waals surface area contributed by atoms with Crippen molar-refractivity contribution in [2.24, 2.45) is 0 Å². The molecule has 1 aliphatic rings. The number of hydrogen-bond donors (Lipinski definition) is 2. The average molecular weight is 466 g/mol. The van der Waals surface area contributed by atoms with Gasteiger partial charge in [0.25, 0.3) is 0 Å². The fraction of sp³-hybridized carbons (Fsp3) is 0.333. The van der Waals surface area contributed by atoms with Crippen molar-refractivity contribution in [3.63, 3.8) is 0 Å². The lowest BCUT2D eigenvalue weighted by Gasteiger charge is -2.36. The van der Waals surface area contributed by atoms with Crippen molar-refractivity contribution < 1.29 is 29.0 Å². The first kappa shape index (κ1) is 24.5. The molecule has 0 aliphatic carbocycles. The van der Waals surface area contributed by atoms with Gasteiger partial charge in [0.15, 0.2) is 0 Å². The molecule has 1 saturated heterocycles. The van der Waals surface area contributed by atoms with Gasteiger partial charge in [-0.3, -0.25) is 9.68 Å². The van der Waals surface area contributed by atoms with E-state index < -0.39 is 24.4 Å². The Morgan fingerprint density at radius 1 is 0.735 bits per heavy atom. The van der Waals surface area contributed by atoms with Gasteiger partial charge < -0.3 is 19.3 Å². The minimum absolute atomic E-state index is 0.140. The molecule has 0 unspecified atom stereocenters. The van der Waals surface area contributed by atoms with Crippen LogP contribution in [0.3, 0.4) is 0 Å². The first-order chi connectivity index (χ1) is 16.8. The van der Waals surface area contributed by atoms with Gasteiger partial charge in [0.05, 0.1) is 33.0 Å². The van der Waals surface area contributed by atoms with E-state index in [1.54, 1.807) is 0 Å². The highest BCUT2D eigenvalue weighted by Gasteiger charge is 2.38. The van der Waals surface area contributed by atoms with Crippen molar-refractivity contribution >= 4 is 0 Å². The minimum atomic E-state index is -1.02. The molecule has 7 nitrogen and oxygen atoms in total. The number of ether oxygens (including phenoxy) is 3. The van der Waals surface area contributed by atoms with Gasteiger partial charge in [0.1, 0.15) is 24.4 Å². The van der Waals surface area contributed by atoms with E-state index in [1.807, 2.05) is 91.0 Å². The molecule has 180 valence electrons. The molecule has 4 rings (SSSR count). The van der Waals surface area contributed by atoms with Crippen LogP contribution in [-0.2, 0) is 43.7 Å². The summed E-state index contributed by atoms with van der Waals surface area (Å²) in [5.41, 5.74) is 5.52. The SMILES string of the molecule is O[C@H]1[C@H](OCc2ccccc2)[C@@H](OCc2ccccc2)CONO[C@@H]1COCc1ccccc1. The van der Waals surface area contributed by atoms with Crippen LogP contribution < -0.4 is 5.64 Å². The van der Waals surface area contributed by atoms with E-state index in [2.05, 4.69) is 5.64 Å². The lowest BCUT2D eigenvalue weighted by Crippen LogP contribution is -2.54. The van der Waals surface area contributed by atoms with Crippen LogP contribution in [0.4, 0.5) is 0 Å². The Labute approximate surface area is 200 Å². The van der Waals surface area contributed by atoms with Crippen molar-refractivity contribution in [1.29, 1.82) is 0 Å². The van der Waals surface area contributed by atoms with E-state index >= 15 is 0 Å². The summed E-state index contributed by atoms with van der Waals surface area (Å²) in [6, 6.07) is 29.5. The molecule has 34 heavy (non-hydrogen) atoms. The summed E-state index contributed by atoms with van der Waals surface area (Å²) < 4.78 is 18.2. The van der Waals surface area contributed by atoms with Crippen LogP contribution in [0.25, 0.3) is 0 Å². The highest BCUT2D eigenvalue weighted by Crippen LogP contribution is 2.20. The number of hydrogen-bond acceptors (Lipinski definition) is 7. The van der Waals surface area contributed by atoms with Crippen LogP contribution in [0, 0.1) is 0 Å². The molecule has 0 spiro atoms. The molecule has 4 atom stereocenters. The van der Waals surface area contributed by atoms with Crippen molar-refractivity contribution in [1.82, 2.24) is 5.64 Å². The number of rotatable bonds is 10. The second-order valence-electron chi connectivity index (χ2n) is 8.14. The lowest BCUT2D eigenvalue weighted by atomic mass is 10.0. The Kier molecular flexibility index (Phi) is 9.60. The van der Waals surface area contributed by atoms with Gasteiger partial charge in [0, 0.05) is 0 Å². The van der Waals surface area contributed by atoms with Crippen molar-refractivity contribution in [3.8, 4) is 0 Å². The molecule has 0 saturated carbocycles. The lowest BCUT2D eigenvalue weighted by molar-refractivity contribution is -0.286. The molecule has 2 N–H and O–H groups in total. The largest absolute Gasteiger partial charge is 0.387 e. The fourth-order valence-electron chi connectivity index (χ4n) is 3.70. The third-order valence-corrected chi connectivity index (χ3v) is 5.58. The zero-order valence-electron chi connectivity index (χ0n) is 19.0. The van der Waals surface area contributed by atoms with E-state index in [0.717, 1.165) is 16.7 Å². The molecule has 3 aromatic carbocycles. The monoisotopic (exact) mass is 465 g/mol. The zero-order valence-corrected chi connectivity index (χ0v) is 19.0. The summed E-state index contributed by atoms with van der Waals surface area (Å²) in [6.45, 7) is 1.36. The van der Waals surface area contributed by atoms with Crippen molar-refractivity contribution in [3.05, 3.63) is 108 Å². The predicted octanol–water partition coefficient (Wildman–Crippen LogP) is 3.57. The Hall–Kier alpha value is -2.62. The van der Waals surface area contributed by atoms with Gasteiger partial charge in [-0.15, -0.1) is 0 Å². The summed E-state index contributed by atoms with van der Waals surface area (Å²) in [5.74, 6) is 0. The van der Waals surface area contributed by atoms with Crippen LogP contribution >= 0.6 is 0 Å². The first-order valence-corrected chi connectivity index (χ1v) is 11.4. The smallest absolute Gasteiger partial charge is 0.133 e. The van der Waals surface area contributed by atoms with E-state index in [-0.39, 0.29) is 13.2 Å². The first-order valence-electron chi connectivity index (χ1n) is 11.4. The van der Waals surface area contributed by atoms with Crippen molar-refractivity contribution in [2.75, 3.05) is 13.2 Å². The highest BCUT2D eigenvalue weighted by molar-refractivity contribution is 5.15. The Morgan fingerprint density at radius 3 is 1.85 bits per heavy atom. The number of nitrogens with one attached hydrogen (secondary N) is 1. The molecule has 0 bridgehead atoms. The normalized spacial score (nSPS) is 23.2. The molecule has 0 amide bonds. The van der Waals surface area contributed by atoms with Gasteiger partial charge in [0.2, 0.25) is 0 Å². The fourth-order valence-corrected chi connectivity index (χ4v) is 3.70. The predicted molar refractivity (Wildman–Crippen MR) is 126 cm³/mol. The van der Waals surface area contributed by atoms with Gasteiger partial charge in [-0.05, 0) is 16.7 Å². The van der Waals surface area contributed by atoms with E-state index in [1.165, 1.54) is 0 Å². The van der Waals surface area contributed by atoms with E-state index in [0.29, 0.717) is 19.8 Å². The van der Waals surface area contributed by atoms with E-state index in [4.69, 9.17) is 23.9 Å². The van der Waals surface area contributed by atoms with Gasteiger partial charge in [-0.25, -0.2) is 0 Å².